The predicted molar refractivity (Wildman–Crippen MR) is 121 cm³/mol. The Morgan fingerprint density at radius 1 is 1.00 bits per heavy atom. The van der Waals surface area contributed by atoms with Crippen molar-refractivity contribution in [3.05, 3.63) is 35.4 Å². The summed E-state index contributed by atoms with van der Waals surface area (Å²) in [6.45, 7) is 6.24. The molecule has 3 N–H and O–H groups in total. The number of halogens is 3. The van der Waals surface area contributed by atoms with Crippen molar-refractivity contribution in [3.8, 4) is 0 Å². The first-order valence-electron chi connectivity index (χ1n) is 11.5. The zero-order valence-corrected chi connectivity index (χ0v) is 20.2. The molecule has 3 atom stereocenters. The number of likely N-dealkylation sites (tertiary alicyclic amines) is 1. The Bertz CT molecular complexity index is 931. The second-order valence-electron chi connectivity index (χ2n) is 9.33. The number of ketones is 1. The fraction of sp³-hybridized carbons (Fsp3) is 0.583. The number of hydrogen-bond acceptors (Lipinski definition) is 5. The average Bonchev–Trinajstić information content (AvgIpc) is 3.29. The zero-order valence-electron chi connectivity index (χ0n) is 20.2. The Balaban J connectivity index is 2.17. The van der Waals surface area contributed by atoms with E-state index in [-0.39, 0.29) is 31.1 Å². The summed E-state index contributed by atoms with van der Waals surface area (Å²) >= 11 is 0. The van der Waals surface area contributed by atoms with Gasteiger partial charge in [-0.15, -0.1) is 0 Å². The van der Waals surface area contributed by atoms with Gasteiger partial charge in [0.15, 0.2) is 0 Å². The van der Waals surface area contributed by atoms with E-state index in [0.29, 0.717) is 12.0 Å². The maximum absolute atomic E-state index is 13.3. The predicted octanol–water partition coefficient (Wildman–Crippen LogP) is 2.20. The summed E-state index contributed by atoms with van der Waals surface area (Å²) in [6, 6.07) is 2.39. The molecule has 3 amide bonds. The van der Waals surface area contributed by atoms with E-state index in [1.807, 2.05) is 0 Å². The van der Waals surface area contributed by atoms with Crippen molar-refractivity contribution in [2.75, 3.05) is 6.54 Å². The van der Waals surface area contributed by atoms with Crippen molar-refractivity contribution >= 4 is 23.5 Å². The summed E-state index contributed by atoms with van der Waals surface area (Å²) in [4.78, 5) is 52.0. The van der Waals surface area contributed by atoms with Crippen LogP contribution in [0.4, 0.5) is 13.2 Å². The van der Waals surface area contributed by atoms with E-state index in [1.165, 1.54) is 30.9 Å². The highest BCUT2D eigenvalue weighted by Crippen LogP contribution is 2.24. The number of aliphatic hydroxyl groups excluding tert-OH is 1. The van der Waals surface area contributed by atoms with Gasteiger partial charge in [0.1, 0.15) is 12.1 Å². The van der Waals surface area contributed by atoms with Crippen molar-refractivity contribution in [2.24, 2.45) is 11.8 Å². The zero-order chi connectivity index (χ0) is 26.5. The minimum atomic E-state index is -5.10. The molecule has 1 aromatic rings. The molecule has 0 bridgehead atoms. The molecule has 1 fully saturated rings. The number of carbonyl (C=O) groups excluding carboxylic acids is 4. The van der Waals surface area contributed by atoms with Crippen LogP contribution in [0.5, 0.6) is 0 Å². The third-order valence-corrected chi connectivity index (χ3v) is 5.98. The molecule has 0 unspecified atom stereocenters. The number of hydrogen-bond donors (Lipinski definition) is 3. The average molecular weight is 500 g/mol. The Morgan fingerprint density at radius 2 is 1.57 bits per heavy atom. The smallest absolute Gasteiger partial charge is 0.392 e. The van der Waals surface area contributed by atoms with Gasteiger partial charge in [-0.05, 0) is 42.4 Å². The van der Waals surface area contributed by atoms with Gasteiger partial charge in [0.2, 0.25) is 11.8 Å². The molecule has 2 rings (SSSR count). The van der Waals surface area contributed by atoms with E-state index in [4.69, 9.17) is 5.11 Å². The Morgan fingerprint density at radius 3 is 2.06 bits per heavy atom. The van der Waals surface area contributed by atoms with Crippen LogP contribution in [-0.2, 0) is 21.0 Å². The maximum Gasteiger partial charge on any atom is 0.452 e. The van der Waals surface area contributed by atoms with Crippen LogP contribution < -0.4 is 10.6 Å². The number of amides is 3. The third-order valence-electron chi connectivity index (χ3n) is 5.98. The van der Waals surface area contributed by atoms with E-state index >= 15 is 0 Å². The van der Waals surface area contributed by atoms with Gasteiger partial charge in [-0.3, -0.25) is 19.2 Å². The molecule has 194 valence electrons. The molecular formula is C24H32F3N3O5. The molecule has 0 aromatic heterocycles. The van der Waals surface area contributed by atoms with Crippen LogP contribution in [0.1, 0.15) is 56.5 Å². The highest BCUT2D eigenvalue weighted by Gasteiger charge is 2.46. The fourth-order valence-corrected chi connectivity index (χ4v) is 3.94. The molecular weight excluding hydrogens is 467 g/mol. The molecule has 1 aliphatic heterocycles. The van der Waals surface area contributed by atoms with E-state index in [9.17, 15) is 32.3 Å². The van der Waals surface area contributed by atoms with Crippen LogP contribution in [0.3, 0.4) is 0 Å². The Hall–Kier alpha value is -2.95. The summed E-state index contributed by atoms with van der Waals surface area (Å²) in [6.07, 6.45) is -4.43. The standard InChI is InChI=1S/C24H32F3N3O5/c1-13(2)18(20(32)24(25,26)27)28-22(34)17-6-5-11-30(17)23(35)19(14(3)4)29-21(33)16-9-7-15(12-31)8-10-16/h7-10,13-14,17-19,31H,5-6,11-12H2,1-4H3,(H,28,34)(H,29,33)/t17-,18-,19-/m0/s1. The quantitative estimate of drug-likeness (QED) is 0.482. The van der Waals surface area contributed by atoms with Crippen molar-refractivity contribution < 1.29 is 37.5 Å². The monoisotopic (exact) mass is 499 g/mol. The molecule has 0 aliphatic carbocycles. The highest BCUT2D eigenvalue weighted by molar-refractivity contribution is 5.99. The van der Waals surface area contributed by atoms with E-state index in [0.717, 1.165) is 0 Å². The van der Waals surface area contributed by atoms with Crippen molar-refractivity contribution in [2.45, 2.75) is 71.4 Å². The Labute approximate surface area is 202 Å². The SMILES string of the molecule is CC(C)[C@H](NC(=O)c1ccc(CO)cc1)C(=O)N1CCC[C@H]1C(=O)N[C@H](C(=O)C(F)(F)F)C(C)C. The second kappa shape index (κ2) is 11.7. The van der Waals surface area contributed by atoms with Crippen LogP contribution in [0, 0.1) is 11.8 Å². The lowest BCUT2D eigenvalue weighted by Gasteiger charge is -2.32. The molecule has 35 heavy (non-hydrogen) atoms. The molecule has 1 saturated heterocycles. The van der Waals surface area contributed by atoms with Gasteiger partial charge in [0.05, 0.1) is 12.6 Å². The van der Waals surface area contributed by atoms with Gasteiger partial charge in [-0.25, -0.2) is 0 Å². The summed E-state index contributed by atoms with van der Waals surface area (Å²) in [5, 5.41) is 14.0. The van der Waals surface area contributed by atoms with Gasteiger partial charge < -0.3 is 20.6 Å². The molecule has 8 nitrogen and oxygen atoms in total. The number of nitrogens with zero attached hydrogens (tertiary/aromatic N) is 1. The van der Waals surface area contributed by atoms with Gasteiger partial charge in [-0.2, -0.15) is 13.2 Å². The van der Waals surface area contributed by atoms with Gasteiger partial charge in [0.25, 0.3) is 11.7 Å². The number of benzene rings is 1. The van der Waals surface area contributed by atoms with Crippen LogP contribution >= 0.6 is 0 Å². The summed E-state index contributed by atoms with van der Waals surface area (Å²) < 4.78 is 38.9. The largest absolute Gasteiger partial charge is 0.452 e. The van der Waals surface area contributed by atoms with Crippen LogP contribution in [0.15, 0.2) is 24.3 Å². The Kier molecular flexibility index (Phi) is 9.42. The highest BCUT2D eigenvalue weighted by atomic mass is 19.4. The number of rotatable bonds is 9. The molecule has 11 heteroatoms. The first-order chi connectivity index (χ1) is 16.3. The van der Waals surface area contributed by atoms with Crippen molar-refractivity contribution in [1.82, 2.24) is 15.5 Å². The molecule has 0 radical (unpaired) electrons. The number of aliphatic hydroxyl groups is 1. The molecule has 0 saturated carbocycles. The number of carbonyl (C=O) groups is 4. The molecule has 1 heterocycles. The van der Waals surface area contributed by atoms with Gasteiger partial charge >= 0.3 is 6.18 Å². The number of alkyl halides is 3. The lowest BCUT2D eigenvalue weighted by molar-refractivity contribution is -0.175. The molecule has 0 spiro atoms. The summed E-state index contributed by atoms with van der Waals surface area (Å²) in [5.74, 6) is -5.07. The van der Waals surface area contributed by atoms with Crippen LogP contribution in [0.2, 0.25) is 0 Å². The van der Waals surface area contributed by atoms with Crippen molar-refractivity contribution in [1.29, 1.82) is 0 Å². The minimum absolute atomic E-state index is 0.181. The topological polar surface area (TPSA) is 116 Å². The van der Waals surface area contributed by atoms with Crippen molar-refractivity contribution in [3.63, 3.8) is 0 Å². The van der Waals surface area contributed by atoms with E-state index < -0.39 is 53.7 Å². The van der Waals surface area contributed by atoms with Gasteiger partial charge in [0, 0.05) is 12.1 Å². The lowest BCUT2D eigenvalue weighted by Crippen LogP contribution is -2.58. The first kappa shape index (κ1) is 28.3. The second-order valence-corrected chi connectivity index (χ2v) is 9.33. The third kappa shape index (κ3) is 7.03. The van der Waals surface area contributed by atoms with Crippen LogP contribution in [-0.4, -0.2) is 64.4 Å². The number of Topliss-reactive ketones (excluding diaryl/α,β-unsaturated/α-hetero) is 1. The maximum atomic E-state index is 13.3. The minimum Gasteiger partial charge on any atom is -0.392 e. The fourth-order valence-electron chi connectivity index (χ4n) is 3.94. The summed E-state index contributed by atoms with van der Waals surface area (Å²) in [5.41, 5.74) is 0.898. The van der Waals surface area contributed by atoms with E-state index in [1.54, 1.807) is 26.0 Å². The lowest BCUT2D eigenvalue weighted by atomic mass is 9.98. The van der Waals surface area contributed by atoms with Crippen LogP contribution in [0.25, 0.3) is 0 Å². The normalized spacial score (nSPS) is 17.9. The van der Waals surface area contributed by atoms with Gasteiger partial charge in [-0.1, -0.05) is 39.8 Å². The van der Waals surface area contributed by atoms with E-state index in [2.05, 4.69) is 10.6 Å². The summed E-state index contributed by atoms with van der Waals surface area (Å²) in [7, 11) is 0. The molecule has 1 aromatic carbocycles. The number of nitrogens with one attached hydrogen (secondary N) is 2. The first-order valence-corrected chi connectivity index (χ1v) is 11.5. The molecule has 1 aliphatic rings.